The number of halogens is 1. The number of carboxylic acid groups (broad SMARTS) is 1. The summed E-state index contributed by atoms with van der Waals surface area (Å²) < 4.78 is 5.59. The summed E-state index contributed by atoms with van der Waals surface area (Å²) in [4.78, 5) is 11.0. The van der Waals surface area contributed by atoms with Gasteiger partial charge in [0.15, 0.2) is 0 Å². The molecular formula is C13H7ClO3. The van der Waals surface area contributed by atoms with Gasteiger partial charge >= 0.3 is 5.97 Å². The van der Waals surface area contributed by atoms with Gasteiger partial charge < -0.3 is 9.52 Å². The molecule has 1 heterocycles. The van der Waals surface area contributed by atoms with Gasteiger partial charge in [-0.1, -0.05) is 29.8 Å². The number of carbonyl (C=O) groups is 1. The van der Waals surface area contributed by atoms with Crippen LogP contribution < -0.4 is 0 Å². The summed E-state index contributed by atoms with van der Waals surface area (Å²) in [7, 11) is 0. The van der Waals surface area contributed by atoms with E-state index in [-0.39, 0.29) is 10.6 Å². The van der Waals surface area contributed by atoms with E-state index < -0.39 is 5.97 Å². The van der Waals surface area contributed by atoms with Crippen LogP contribution in [0.5, 0.6) is 0 Å². The molecule has 0 radical (unpaired) electrons. The summed E-state index contributed by atoms with van der Waals surface area (Å²) in [5.74, 6) is -1.04. The number of fused-ring (bicyclic) bond motifs is 3. The second-order valence-corrected chi connectivity index (χ2v) is 4.14. The van der Waals surface area contributed by atoms with E-state index in [2.05, 4.69) is 0 Å². The number of hydrogen-bond donors (Lipinski definition) is 1. The van der Waals surface area contributed by atoms with Crippen molar-refractivity contribution in [2.75, 3.05) is 0 Å². The lowest BCUT2D eigenvalue weighted by atomic mass is 10.1. The van der Waals surface area contributed by atoms with Crippen molar-refractivity contribution in [1.82, 2.24) is 0 Å². The predicted octanol–water partition coefficient (Wildman–Crippen LogP) is 3.94. The maximum atomic E-state index is 11.0. The summed E-state index contributed by atoms with van der Waals surface area (Å²) >= 11 is 5.88. The highest BCUT2D eigenvalue weighted by atomic mass is 35.5. The van der Waals surface area contributed by atoms with Crippen molar-refractivity contribution in [2.24, 2.45) is 0 Å². The summed E-state index contributed by atoms with van der Waals surface area (Å²) in [6.07, 6.45) is 0. The van der Waals surface area contributed by atoms with E-state index in [9.17, 15) is 4.79 Å². The van der Waals surface area contributed by atoms with Crippen LogP contribution in [-0.4, -0.2) is 11.1 Å². The van der Waals surface area contributed by atoms with Gasteiger partial charge in [-0.15, -0.1) is 0 Å². The largest absolute Gasteiger partial charge is 0.478 e. The number of para-hydroxylation sites is 1. The van der Waals surface area contributed by atoms with Crippen LogP contribution in [0.4, 0.5) is 0 Å². The minimum atomic E-state index is -1.04. The minimum Gasteiger partial charge on any atom is -0.478 e. The van der Waals surface area contributed by atoms with Gasteiger partial charge in [0.1, 0.15) is 11.2 Å². The SMILES string of the molecule is O=C(O)c1cc2c(cc1Cl)oc1ccccc12. The zero-order chi connectivity index (χ0) is 12.0. The second kappa shape index (κ2) is 3.50. The number of aromatic carboxylic acids is 1. The van der Waals surface area contributed by atoms with E-state index in [0.29, 0.717) is 5.58 Å². The predicted molar refractivity (Wildman–Crippen MR) is 65.7 cm³/mol. The highest BCUT2D eigenvalue weighted by molar-refractivity contribution is 6.34. The van der Waals surface area contributed by atoms with Crippen molar-refractivity contribution in [3.8, 4) is 0 Å². The van der Waals surface area contributed by atoms with Gasteiger partial charge in [0.2, 0.25) is 0 Å². The van der Waals surface area contributed by atoms with Crippen LogP contribution in [-0.2, 0) is 0 Å². The summed E-state index contributed by atoms with van der Waals surface area (Å²) in [6, 6.07) is 10.6. The standard InChI is InChI=1S/C13H7ClO3/c14-10-6-12-8(5-9(10)13(15)16)7-3-1-2-4-11(7)17-12/h1-6H,(H,15,16). The average molecular weight is 247 g/mol. The monoisotopic (exact) mass is 246 g/mol. The van der Waals surface area contributed by atoms with E-state index in [4.69, 9.17) is 21.1 Å². The van der Waals surface area contributed by atoms with E-state index in [1.54, 1.807) is 12.1 Å². The first-order valence-corrected chi connectivity index (χ1v) is 5.38. The first-order chi connectivity index (χ1) is 8.16. The molecule has 0 saturated carbocycles. The van der Waals surface area contributed by atoms with Crippen LogP contribution in [0.1, 0.15) is 10.4 Å². The molecule has 0 spiro atoms. The van der Waals surface area contributed by atoms with Gasteiger partial charge in [-0.05, 0) is 12.1 Å². The van der Waals surface area contributed by atoms with Crippen molar-refractivity contribution in [3.05, 3.63) is 47.0 Å². The van der Waals surface area contributed by atoms with Crippen LogP contribution in [0.3, 0.4) is 0 Å². The fourth-order valence-corrected chi connectivity index (χ4v) is 2.14. The summed E-state index contributed by atoms with van der Waals surface area (Å²) in [5, 5.41) is 10.9. The Labute approximate surface area is 101 Å². The summed E-state index contributed by atoms with van der Waals surface area (Å²) in [5.41, 5.74) is 1.41. The lowest BCUT2D eigenvalue weighted by molar-refractivity contribution is 0.0697. The van der Waals surface area contributed by atoms with Gasteiger partial charge in [0.25, 0.3) is 0 Å². The Balaban J connectivity index is 2.47. The van der Waals surface area contributed by atoms with Crippen LogP contribution >= 0.6 is 11.6 Å². The first-order valence-electron chi connectivity index (χ1n) is 5.01. The average Bonchev–Trinajstić information content (AvgIpc) is 2.64. The van der Waals surface area contributed by atoms with Gasteiger partial charge in [-0.2, -0.15) is 0 Å². The van der Waals surface area contributed by atoms with Crippen LogP contribution in [0.15, 0.2) is 40.8 Å². The molecule has 0 saturated heterocycles. The highest BCUT2D eigenvalue weighted by Gasteiger charge is 2.14. The maximum Gasteiger partial charge on any atom is 0.337 e. The second-order valence-electron chi connectivity index (χ2n) is 3.73. The Morgan fingerprint density at radius 1 is 1.12 bits per heavy atom. The van der Waals surface area contributed by atoms with Crippen molar-refractivity contribution >= 4 is 39.5 Å². The van der Waals surface area contributed by atoms with Gasteiger partial charge in [-0.3, -0.25) is 0 Å². The molecule has 0 unspecified atom stereocenters. The third-order valence-corrected chi connectivity index (χ3v) is 3.01. The number of carboxylic acids is 1. The molecule has 0 aliphatic heterocycles. The molecule has 0 bridgehead atoms. The van der Waals surface area contributed by atoms with Crippen molar-refractivity contribution in [1.29, 1.82) is 0 Å². The fraction of sp³-hybridized carbons (Fsp3) is 0. The Hall–Kier alpha value is -2.00. The molecule has 0 fully saturated rings. The maximum absolute atomic E-state index is 11.0. The van der Waals surface area contributed by atoms with E-state index in [1.165, 1.54) is 0 Å². The Morgan fingerprint density at radius 2 is 1.88 bits per heavy atom. The Kier molecular flexibility index (Phi) is 2.09. The van der Waals surface area contributed by atoms with E-state index in [1.807, 2.05) is 24.3 Å². The molecule has 4 heteroatoms. The molecule has 84 valence electrons. The van der Waals surface area contributed by atoms with Crippen molar-refractivity contribution in [2.45, 2.75) is 0 Å². The smallest absolute Gasteiger partial charge is 0.337 e. The summed E-state index contributed by atoms with van der Waals surface area (Å²) in [6.45, 7) is 0. The lowest BCUT2D eigenvalue weighted by Crippen LogP contribution is -1.96. The third kappa shape index (κ3) is 1.47. The zero-order valence-corrected chi connectivity index (χ0v) is 9.36. The highest BCUT2D eigenvalue weighted by Crippen LogP contribution is 2.32. The molecule has 0 amide bonds. The molecule has 1 aromatic heterocycles. The molecule has 0 aliphatic carbocycles. The van der Waals surface area contributed by atoms with E-state index in [0.717, 1.165) is 16.4 Å². The quantitative estimate of drug-likeness (QED) is 0.708. The molecule has 2 aromatic carbocycles. The molecule has 3 nitrogen and oxygen atoms in total. The van der Waals surface area contributed by atoms with Crippen LogP contribution in [0, 0.1) is 0 Å². The fourth-order valence-electron chi connectivity index (χ4n) is 1.91. The lowest BCUT2D eigenvalue weighted by Gasteiger charge is -1.97. The van der Waals surface area contributed by atoms with Gasteiger partial charge in [-0.25, -0.2) is 4.79 Å². The number of furan rings is 1. The molecule has 0 atom stereocenters. The molecule has 0 aliphatic rings. The molecule has 1 N–H and O–H groups in total. The van der Waals surface area contributed by atoms with E-state index >= 15 is 0 Å². The molecule has 3 aromatic rings. The zero-order valence-electron chi connectivity index (χ0n) is 8.61. The van der Waals surface area contributed by atoms with Crippen molar-refractivity contribution in [3.63, 3.8) is 0 Å². The Morgan fingerprint density at radius 3 is 2.65 bits per heavy atom. The van der Waals surface area contributed by atoms with Gasteiger partial charge in [0, 0.05) is 16.8 Å². The molecule has 3 rings (SSSR count). The topological polar surface area (TPSA) is 50.4 Å². The number of rotatable bonds is 1. The van der Waals surface area contributed by atoms with Crippen LogP contribution in [0.25, 0.3) is 21.9 Å². The third-order valence-electron chi connectivity index (χ3n) is 2.70. The minimum absolute atomic E-state index is 0.0886. The Bertz CT molecular complexity index is 743. The van der Waals surface area contributed by atoms with Crippen molar-refractivity contribution < 1.29 is 14.3 Å². The van der Waals surface area contributed by atoms with Crippen LogP contribution in [0.2, 0.25) is 5.02 Å². The molecular weight excluding hydrogens is 240 g/mol. The normalized spacial score (nSPS) is 11.1. The van der Waals surface area contributed by atoms with Gasteiger partial charge in [0.05, 0.1) is 10.6 Å². The first kappa shape index (κ1) is 10.2. The molecule has 17 heavy (non-hydrogen) atoms. The number of benzene rings is 2. The number of hydrogen-bond acceptors (Lipinski definition) is 2.